The van der Waals surface area contributed by atoms with Gasteiger partial charge in [0.2, 0.25) is 5.91 Å². The molecule has 2 saturated heterocycles. The van der Waals surface area contributed by atoms with Gasteiger partial charge in [0.05, 0.1) is 0 Å². The van der Waals surface area contributed by atoms with Crippen LogP contribution >= 0.6 is 0 Å². The molecule has 0 bridgehead atoms. The molecule has 0 aliphatic carbocycles. The third kappa shape index (κ3) is 2.81. The molecule has 0 saturated carbocycles. The molecule has 5 nitrogen and oxygen atoms in total. The Morgan fingerprint density at radius 1 is 1.32 bits per heavy atom. The van der Waals surface area contributed by atoms with Crippen molar-refractivity contribution in [1.82, 2.24) is 20.4 Å². The second-order valence-corrected chi connectivity index (χ2v) is 5.66. The van der Waals surface area contributed by atoms with Gasteiger partial charge in [-0.15, -0.1) is 0 Å². The Hall–Kier alpha value is -1.36. The van der Waals surface area contributed by atoms with E-state index in [-0.39, 0.29) is 5.92 Å². The summed E-state index contributed by atoms with van der Waals surface area (Å²) in [5.74, 6) is 1.04. The Balaban J connectivity index is 1.62. The number of rotatable bonds is 2. The molecule has 2 aliphatic heterocycles. The van der Waals surface area contributed by atoms with Crippen molar-refractivity contribution in [1.29, 1.82) is 0 Å². The molecule has 104 valence electrons. The number of piperidine rings is 2. The van der Waals surface area contributed by atoms with Crippen LogP contribution in [0, 0.1) is 5.92 Å². The van der Waals surface area contributed by atoms with Gasteiger partial charge in [-0.2, -0.15) is 5.10 Å². The van der Waals surface area contributed by atoms with Crippen LogP contribution in [0.3, 0.4) is 0 Å². The van der Waals surface area contributed by atoms with Gasteiger partial charge in [0, 0.05) is 36.8 Å². The number of amides is 1. The van der Waals surface area contributed by atoms with Crippen LogP contribution in [-0.2, 0) is 4.79 Å². The van der Waals surface area contributed by atoms with Crippen LogP contribution in [-0.4, -0.2) is 47.2 Å². The van der Waals surface area contributed by atoms with Crippen LogP contribution in [0.2, 0.25) is 0 Å². The van der Waals surface area contributed by atoms with Gasteiger partial charge in [-0.05, 0) is 44.8 Å². The zero-order valence-electron chi connectivity index (χ0n) is 11.3. The lowest BCUT2D eigenvalue weighted by atomic mass is 9.91. The summed E-state index contributed by atoms with van der Waals surface area (Å²) in [5.41, 5.74) is 1.17. The summed E-state index contributed by atoms with van der Waals surface area (Å²) in [4.78, 5) is 14.6. The molecule has 0 aromatic carbocycles. The summed E-state index contributed by atoms with van der Waals surface area (Å²) in [6.07, 6.45) is 6.02. The maximum absolute atomic E-state index is 12.5. The summed E-state index contributed by atoms with van der Waals surface area (Å²) in [5, 5.41) is 10.4. The molecule has 1 aromatic heterocycles. The zero-order valence-corrected chi connectivity index (χ0v) is 11.3. The van der Waals surface area contributed by atoms with E-state index in [1.165, 1.54) is 5.69 Å². The van der Waals surface area contributed by atoms with Gasteiger partial charge in [-0.3, -0.25) is 9.89 Å². The van der Waals surface area contributed by atoms with Crippen molar-refractivity contribution >= 4 is 5.91 Å². The molecule has 1 unspecified atom stereocenters. The van der Waals surface area contributed by atoms with Crippen molar-refractivity contribution in [3.05, 3.63) is 18.0 Å². The van der Waals surface area contributed by atoms with Crippen molar-refractivity contribution in [3.63, 3.8) is 0 Å². The Kier molecular flexibility index (Phi) is 3.82. The molecule has 2 N–H and O–H groups in total. The number of aromatic nitrogens is 2. The highest BCUT2D eigenvalue weighted by molar-refractivity contribution is 5.79. The van der Waals surface area contributed by atoms with E-state index in [2.05, 4.69) is 20.4 Å². The number of hydrogen-bond donors (Lipinski definition) is 2. The third-order valence-electron chi connectivity index (χ3n) is 4.38. The molecule has 3 rings (SSSR count). The molecule has 1 amide bonds. The van der Waals surface area contributed by atoms with Crippen LogP contribution < -0.4 is 5.32 Å². The predicted molar refractivity (Wildman–Crippen MR) is 72.7 cm³/mol. The van der Waals surface area contributed by atoms with Gasteiger partial charge in [0.1, 0.15) is 0 Å². The molecule has 1 atom stereocenters. The number of likely N-dealkylation sites (tertiary alicyclic amines) is 1. The van der Waals surface area contributed by atoms with E-state index in [1.54, 1.807) is 6.20 Å². The second kappa shape index (κ2) is 5.74. The maximum Gasteiger partial charge on any atom is 0.225 e. The van der Waals surface area contributed by atoms with Crippen LogP contribution in [0.5, 0.6) is 0 Å². The summed E-state index contributed by atoms with van der Waals surface area (Å²) in [6, 6.07) is 2.03. The molecule has 1 aromatic rings. The molecular formula is C14H22N4O. The number of nitrogens with one attached hydrogen (secondary N) is 2. The van der Waals surface area contributed by atoms with Crippen LogP contribution in [0.4, 0.5) is 0 Å². The molecule has 19 heavy (non-hydrogen) atoms. The SMILES string of the molecule is O=C(C1CCNCC1)N1CCCC(c2ccn[nH]2)C1. The fourth-order valence-electron chi connectivity index (χ4n) is 3.25. The monoisotopic (exact) mass is 262 g/mol. The fourth-order valence-corrected chi connectivity index (χ4v) is 3.25. The molecule has 5 heteroatoms. The standard InChI is InChI=1S/C14H22N4O/c19-14(11-3-6-15-7-4-11)18-9-1-2-12(10-18)13-5-8-16-17-13/h5,8,11-12,15H,1-4,6-7,9-10H2,(H,16,17). The molecule has 2 fully saturated rings. The number of aromatic amines is 1. The van der Waals surface area contributed by atoms with E-state index < -0.39 is 0 Å². The van der Waals surface area contributed by atoms with Crippen molar-refractivity contribution in [3.8, 4) is 0 Å². The normalized spacial score (nSPS) is 25.5. The fraction of sp³-hybridized carbons (Fsp3) is 0.714. The van der Waals surface area contributed by atoms with E-state index in [1.807, 2.05) is 6.07 Å². The molecular weight excluding hydrogens is 240 g/mol. The molecule has 0 spiro atoms. The molecule has 3 heterocycles. The lowest BCUT2D eigenvalue weighted by Gasteiger charge is -2.35. The number of carbonyl (C=O) groups is 1. The van der Waals surface area contributed by atoms with Gasteiger partial charge >= 0.3 is 0 Å². The first-order chi connectivity index (χ1) is 9.34. The number of H-pyrrole nitrogens is 1. The zero-order chi connectivity index (χ0) is 13.1. The first kappa shape index (κ1) is 12.7. The lowest BCUT2D eigenvalue weighted by molar-refractivity contribution is -0.137. The first-order valence-corrected chi connectivity index (χ1v) is 7.33. The van der Waals surface area contributed by atoms with Crippen LogP contribution in [0.1, 0.15) is 37.3 Å². The van der Waals surface area contributed by atoms with Gasteiger partial charge in [-0.1, -0.05) is 0 Å². The highest BCUT2D eigenvalue weighted by atomic mass is 16.2. The average molecular weight is 262 g/mol. The van der Waals surface area contributed by atoms with Crippen molar-refractivity contribution in [2.75, 3.05) is 26.2 Å². The average Bonchev–Trinajstić information content (AvgIpc) is 3.02. The minimum absolute atomic E-state index is 0.238. The molecule has 2 aliphatic rings. The van der Waals surface area contributed by atoms with E-state index in [0.717, 1.165) is 51.9 Å². The van der Waals surface area contributed by atoms with Crippen molar-refractivity contribution in [2.24, 2.45) is 5.92 Å². The minimum Gasteiger partial charge on any atom is -0.342 e. The topological polar surface area (TPSA) is 61.0 Å². The lowest BCUT2D eigenvalue weighted by Crippen LogP contribution is -2.45. The summed E-state index contributed by atoms with van der Waals surface area (Å²) in [7, 11) is 0. The van der Waals surface area contributed by atoms with Gasteiger partial charge in [0.15, 0.2) is 0 Å². The summed E-state index contributed by atoms with van der Waals surface area (Å²) < 4.78 is 0. The summed E-state index contributed by atoms with van der Waals surface area (Å²) >= 11 is 0. The number of carbonyl (C=O) groups excluding carboxylic acids is 1. The Bertz CT molecular complexity index is 411. The highest BCUT2D eigenvalue weighted by Crippen LogP contribution is 2.27. The van der Waals surface area contributed by atoms with E-state index in [4.69, 9.17) is 0 Å². The van der Waals surface area contributed by atoms with Gasteiger partial charge < -0.3 is 10.2 Å². The van der Waals surface area contributed by atoms with E-state index >= 15 is 0 Å². The Morgan fingerprint density at radius 2 is 2.16 bits per heavy atom. The Labute approximate surface area is 113 Å². The van der Waals surface area contributed by atoms with Gasteiger partial charge in [-0.25, -0.2) is 0 Å². The largest absolute Gasteiger partial charge is 0.342 e. The first-order valence-electron chi connectivity index (χ1n) is 7.33. The quantitative estimate of drug-likeness (QED) is 0.839. The molecule has 0 radical (unpaired) electrons. The van der Waals surface area contributed by atoms with E-state index in [0.29, 0.717) is 11.8 Å². The highest BCUT2D eigenvalue weighted by Gasteiger charge is 2.30. The predicted octanol–water partition coefficient (Wildman–Crippen LogP) is 1.12. The minimum atomic E-state index is 0.238. The number of nitrogens with zero attached hydrogens (tertiary/aromatic N) is 2. The maximum atomic E-state index is 12.5. The number of hydrogen-bond acceptors (Lipinski definition) is 3. The van der Waals surface area contributed by atoms with Crippen LogP contribution in [0.25, 0.3) is 0 Å². The van der Waals surface area contributed by atoms with Crippen LogP contribution in [0.15, 0.2) is 12.3 Å². The van der Waals surface area contributed by atoms with Gasteiger partial charge in [0.25, 0.3) is 0 Å². The second-order valence-electron chi connectivity index (χ2n) is 5.66. The van der Waals surface area contributed by atoms with Crippen molar-refractivity contribution < 1.29 is 4.79 Å². The summed E-state index contributed by atoms with van der Waals surface area (Å²) in [6.45, 7) is 3.74. The third-order valence-corrected chi connectivity index (χ3v) is 4.38. The Morgan fingerprint density at radius 3 is 2.89 bits per heavy atom. The van der Waals surface area contributed by atoms with E-state index in [9.17, 15) is 4.79 Å². The smallest absolute Gasteiger partial charge is 0.225 e. The van der Waals surface area contributed by atoms with Crippen molar-refractivity contribution in [2.45, 2.75) is 31.6 Å².